The van der Waals surface area contributed by atoms with Gasteiger partial charge in [-0.1, -0.05) is 11.6 Å². The van der Waals surface area contributed by atoms with Crippen molar-refractivity contribution in [2.75, 3.05) is 5.32 Å². The second-order valence-corrected chi connectivity index (χ2v) is 6.83. The minimum atomic E-state index is -0.527. The molecule has 20 heavy (non-hydrogen) atoms. The molecule has 0 spiro atoms. The van der Waals surface area contributed by atoms with Crippen LogP contribution in [0.2, 0.25) is 5.02 Å². The molecule has 1 amide bonds. The van der Waals surface area contributed by atoms with Crippen molar-refractivity contribution in [1.29, 1.82) is 0 Å². The highest BCUT2D eigenvalue weighted by atomic mass is 35.5. The van der Waals surface area contributed by atoms with Gasteiger partial charge < -0.3 is 15.8 Å². The minimum absolute atomic E-state index is 0.152. The average molecular weight is 297 g/mol. The van der Waals surface area contributed by atoms with E-state index in [9.17, 15) is 4.79 Å². The lowest BCUT2D eigenvalue weighted by molar-refractivity contribution is -0.0662. The Kier molecular flexibility index (Phi) is 3.73. The summed E-state index contributed by atoms with van der Waals surface area (Å²) in [6, 6.07) is 5.36. The third-order valence-corrected chi connectivity index (χ3v) is 3.98. The average Bonchev–Trinajstić information content (AvgIpc) is 2.49. The molecule has 0 aromatic heterocycles. The highest BCUT2D eigenvalue weighted by molar-refractivity contribution is 6.33. The summed E-state index contributed by atoms with van der Waals surface area (Å²) in [5.41, 5.74) is 6.01. The van der Waals surface area contributed by atoms with Gasteiger partial charge in [-0.2, -0.15) is 0 Å². The second kappa shape index (κ2) is 4.93. The highest BCUT2D eigenvalue weighted by Gasteiger charge is 2.45. The van der Waals surface area contributed by atoms with Crippen molar-refractivity contribution in [3.05, 3.63) is 28.8 Å². The quantitative estimate of drug-likeness (QED) is 0.900. The van der Waals surface area contributed by atoms with E-state index in [4.69, 9.17) is 22.1 Å². The molecule has 1 aromatic rings. The van der Waals surface area contributed by atoms with Crippen LogP contribution in [0.5, 0.6) is 0 Å². The molecule has 1 aliphatic heterocycles. The van der Waals surface area contributed by atoms with Gasteiger partial charge in [-0.25, -0.2) is 0 Å². The summed E-state index contributed by atoms with van der Waals surface area (Å²) < 4.78 is 6.04. The maximum Gasteiger partial charge on any atom is 0.250 e. The van der Waals surface area contributed by atoms with Crippen molar-refractivity contribution in [2.24, 2.45) is 5.73 Å². The largest absolute Gasteiger partial charge is 0.379 e. The van der Waals surface area contributed by atoms with Crippen LogP contribution in [0.15, 0.2) is 18.2 Å². The number of benzene rings is 1. The Morgan fingerprint density at radius 2 is 2.05 bits per heavy atom. The van der Waals surface area contributed by atoms with Gasteiger partial charge in [0.2, 0.25) is 5.91 Å². The number of primary amides is 1. The molecule has 0 aliphatic carbocycles. The van der Waals surface area contributed by atoms with Crippen LogP contribution in [0.25, 0.3) is 0 Å². The lowest BCUT2D eigenvalue weighted by Crippen LogP contribution is -2.38. The van der Waals surface area contributed by atoms with Crippen LogP contribution in [-0.4, -0.2) is 23.2 Å². The first-order valence-corrected chi connectivity index (χ1v) is 7.05. The number of nitrogens with two attached hydrogens (primary N) is 1. The molecular weight excluding hydrogens is 276 g/mol. The van der Waals surface area contributed by atoms with Gasteiger partial charge in [-0.3, -0.25) is 4.79 Å². The normalized spacial score (nSPS) is 23.6. The third kappa shape index (κ3) is 3.07. The zero-order valence-corrected chi connectivity index (χ0v) is 13.0. The van der Waals surface area contributed by atoms with Gasteiger partial charge in [0.25, 0.3) is 0 Å². The number of amides is 1. The Morgan fingerprint density at radius 1 is 1.40 bits per heavy atom. The van der Waals surface area contributed by atoms with Crippen LogP contribution in [0.1, 0.15) is 44.5 Å². The first-order chi connectivity index (χ1) is 9.11. The Labute approximate surface area is 124 Å². The third-order valence-electron chi connectivity index (χ3n) is 3.65. The lowest BCUT2D eigenvalue weighted by atomic mass is 9.94. The van der Waals surface area contributed by atoms with Crippen molar-refractivity contribution >= 4 is 23.2 Å². The number of anilines is 1. The van der Waals surface area contributed by atoms with Crippen LogP contribution in [0.3, 0.4) is 0 Å². The molecule has 3 N–H and O–H groups in total. The number of carbonyl (C=O) groups is 1. The van der Waals surface area contributed by atoms with Crippen molar-refractivity contribution in [3.63, 3.8) is 0 Å². The Bertz CT molecular complexity index is 541. The fourth-order valence-electron chi connectivity index (χ4n) is 2.79. The fraction of sp³-hybridized carbons (Fsp3) is 0.533. The molecule has 1 fully saturated rings. The SMILES string of the molecule is CC1(C)CC(Nc2ccc(Cl)c(C(N)=O)c2)C(C)(C)O1. The monoisotopic (exact) mass is 296 g/mol. The van der Waals surface area contributed by atoms with Crippen LogP contribution in [0, 0.1) is 0 Å². The van der Waals surface area contributed by atoms with E-state index >= 15 is 0 Å². The van der Waals surface area contributed by atoms with E-state index in [1.807, 2.05) is 6.07 Å². The second-order valence-electron chi connectivity index (χ2n) is 6.43. The maximum atomic E-state index is 11.3. The van der Waals surface area contributed by atoms with Gasteiger partial charge in [-0.15, -0.1) is 0 Å². The summed E-state index contributed by atoms with van der Waals surface area (Å²) in [5, 5.41) is 3.78. The summed E-state index contributed by atoms with van der Waals surface area (Å²) in [6.45, 7) is 8.27. The Balaban J connectivity index is 2.23. The Morgan fingerprint density at radius 3 is 2.55 bits per heavy atom. The molecule has 1 unspecified atom stereocenters. The standard InChI is InChI=1S/C15H21ClN2O2/c1-14(2)8-12(15(3,4)20-14)18-9-5-6-11(16)10(7-9)13(17)19/h5-7,12,18H,8H2,1-4H3,(H2,17,19). The van der Waals surface area contributed by atoms with Crippen molar-refractivity contribution in [2.45, 2.75) is 51.4 Å². The number of carbonyl (C=O) groups excluding carboxylic acids is 1. The topological polar surface area (TPSA) is 64.3 Å². The summed E-state index contributed by atoms with van der Waals surface area (Å²) in [7, 11) is 0. The first-order valence-electron chi connectivity index (χ1n) is 6.67. The van der Waals surface area contributed by atoms with Gasteiger partial charge in [0.15, 0.2) is 0 Å². The molecular formula is C15H21ClN2O2. The van der Waals surface area contributed by atoms with Crippen molar-refractivity contribution in [3.8, 4) is 0 Å². The molecule has 0 bridgehead atoms. The van der Waals surface area contributed by atoms with E-state index < -0.39 is 5.91 Å². The molecule has 1 heterocycles. The summed E-state index contributed by atoms with van der Waals surface area (Å²) in [6.07, 6.45) is 0.883. The van der Waals surface area contributed by atoms with Crippen LogP contribution in [0.4, 0.5) is 5.69 Å². The predicted octanol–water partition coefficient (Wildman–Crippen LogP) is 3.20. The van der Waals surface area contributed by atoms with Gasteiger partial charge in [0.05, 0.1) is 27.8 Å². The van der Waals surface area contributed by atoms with E-state index in [1.165, 1.54) is 0 Å². The summed E-state index contributed by atoms with van der Waals surface area (Å²) in [5.74, 6) is -0.527. The molecule has 1 aliphatic rings. The van der Waals surface area contributed by atoms with Gasteiger partial charge in [0.1, 0.15) is 0 Å². The van der Waals surface area contributed by atoms with Gasteiger partial charge in [-0.05, 0) is 52.3 Å². The number of ether oxygens (including phenoxy) is 1. The van der Waals surface area contributed by atoms with Crippen LogP contribution in [-0.2, 0) is 4.74 Å². The lowest BCUT2D eigenvalue weighted by Gasteiger charge is -2.28. The zero-order valence-electron chi connectivity index (χ0n) is 12.3. The van der Waals surface area contributed by atoms with E-state index in [0.29, 0.717) is 10.6 Å². The molecule has 4 nitrogen and oxygen atoms in total. The molecule has 0 saturated carbocycles. The van der Waals surface area contributed by atoms with Gasteiger partial charge in [0, 0.05) is 5.69 Å². The van der Waals surface area contributed by atoms with E-state index in [-0.39, 0.29) is 17.2 Å². The van der Waals surface area contributed by atoms with Crippen molar-refractivity contribution in [1.82, 2.24) is 0 Å². The summed E-state index contributed by atoms with van der Waals surface area (Å²) >= 11 is 5.96. The summed E-state index contributed by atoms with van der Waals surface area (Å²) in [4.78, 5) is 11.3. The van der Waals surface area contributed by atoms with E-state index in [2.05, 4.69) is 33.0 Å². The molecule has 2 rings (SSSR count). The number of nitrogens with one attached hydrogen (secondary N) is 1. The molecule has 0 radical (unpaired) electrons. The van der Waals surface area contributed by atoms with Crippen LogP contribution >= 0.6 is 11.6 Å². The molecule has 1 aromatic carbocycles. The fourth-order valence-corrected chi connectivity index (χ4v) is 3.00. The van der Waals surface area contributed by atoms with Crippen LogP contribution < -0.4 is 11.1 Å². The number of rotatable bonds is 3. The zero-order chi connectivity index (χ0) is 15.1. The minimum Gasteiger partial charge on any atom is -0.379 e. The van der Waals surface area contributed by atoms with E-state index in [1.54, 1.807) is 12.1 Å². The number of halogens is 1. The highest BCUT2D eigenvalue weighted by Crippen LogP contribution is 2.39. The van der Waals surface area contributed by atoms with E-state index in [0.717, 1.165) is 12.1 Å². The predicted molar refractivity (Wildman–Crippen MR) is 81.2 cm³/mol. The maximum absolute atomic E-state index is 11.3. The van der Waals surface area contributed by atoms with Gasteiger partial charge >= 0.3 is 0 Å². The molecule has 1 saturated heterocycles. The number of hydrogen-bond donors (Lipinski definition) is 2. The molecule has 1 atom stereocenters. The molecule has 5 heteroatoms. The van der Waals surface area contributed by atoms with Crippen molar-refractivity contribution < 1.29 is 9.53 Å². The smallest absolute Gasteiger partial charge is 0.250 e. The molecule has 110 valence electrons. The number of hydrogen-bond acceptors (Lipinski definition) is 3. The first kappa shape index (κ1) is 15.1. The Hall–Kier alpha value is -1.26.